The van der Waals surface area contributed by atoms with E-state index in [1.165, 1.54) is 16.4 Å². The largest absolute Gasteiger partial charge is 0.396 e. The second-order valence-corrected chi connectivity index (χ2v) is 8.24. The van der Waals surface area contributed by atoms with Crippen molar-refractivity contribution in [2.24, 2.45) is 0 Å². The predicted molar refractivity (Wildman–Crippen MR) is 103 cm³/mol. The third kappa shape index (κ3) is 2.91. The lowest BCUT2D eigenvalue weighted by atomic mass is 10.1. The molecule has 0 saturated carbocycles. The molecule has 1 fully saturated rings. The first kappa shape index (κ1) is 16.9. The molecule has 0 spiro atoms. The Morgan fingerprint density at radius 3 is 2.62 bits per heavy atom. The van der Waals surface area contributed by atoms with Gasteiger partial charge in [0.15, 0.2) is 5.65 Å². The molecule has 7 nitrogen and oxygen atoms in total. The molecule has 4 rings (SSSR count). The van der Waals surface area contributed by atoms with Gasteiger partial charge in [-0.2, -0.15) is 0 Å². The normalized spacial score (nSPS) is 16.0. The predicted octanol–water partition coefficient (Wildman–Crippen LogP) is 2.02. The summed E-state index contributed by atoms with van der Waals surface area (Å²) >= 11 is 0. The minimum atomic E-state index is -3.71. The van der Waals surface area contributed by atoms with Gasteiger partial charge in [0, 0.05) is 17.6 Å². The van der Waals surface area contributed by atoms with Crippen LogP contribution in [0.3, 0.4) is 0 Å². The number of aromatic nitrogens is 2. The Kier molecular flexibility index (Phi) is 4.29. The summed E-state index contributed by atoms with van der Waals surface area (Å²) in [5.74, 6) is 0. The first-order valence-corrected chi connectivity index (χ1v) is 10.0. The van der Waals surface area contributed by atoms with Crippen LogP contribution >= 0.6 is 0 Å². The third-order valence-electron chi connectivity index (χ3n) is 4.70. The Labute approximate surface area is 152 Å². The summed E-state index contributed by atoms with van der Waals surface area (Å²) in [7, 11) is -3.71. The van der Waals surface area contributed by atoms with Crippen LogP contribution in [0, 0.1) is 0 Å². The molecular weight excluding hydrogens is 350 g/mol. The number of nitrogens with one attached hydrogen (secondary N) is 2. The standard InChI is InChI=1S/C18H21N5O2S/c19-16-12-21-18-15(17(16)22-13-6-9-20-10-7-13)8-11-23(18)26(24,25)14-4-2-1-3-5-14/h1-5,8,11-13,20H,6-7,9-10,19H2,(H,21,22). The molecule has 0 atom stereocenters. The lowest BCUT2D eigenvalue weighted by molar-refractivity contribution is 0.479. The van der Waals surface area contributed by atoms with Gasteiger partial charge in [-0.3, -0.25) is 0 Å². The third-order valence-corrected chi connectivity index (χ3v) is 6.38. The first-order valence-electron chi connectivity index (χ1n) is 8.61. The van der Waals surface area contributed by atoms with E-state index in [0.29, 0.717) is 22.8 Å². The molecule has 3 aromatic rings. The number of nitrogens with zero attached hydrogens (tertiary/aromatic N) is 2. The molecule has 8 heteroatoms. The van der Waals surface area contributed by atoms with Gasteiger partial charge in [-0.1, -0.05) is 18.2 Å². The maximum absolute atomic E-state index is 13.0. The van der Waals surface area contributed by atoms with Gasteiger partial charge in [-0.05, 0) is 44.1 Å². The van der Waals surface area contributed by atoms with Crippen LogP contribution in [0.15, 0.2) is 53.7 Å². The number of hydrogen-bond acceptors (Lipinski definition) is 6. The van der Waals surface area contributed by atoms with Gasteiger partial charge in [0.25, 0.3) is 10.0 Å². The summed E-state index contributed by atoms with van der Waals surface area (Å²) in [5.41, 5.74) is 7.78. The minimum Gasteiger partial charge on any atom is -0.396 e. The van der Waals surface area contributed by atoms with Crippen LogP contribution in [-0.4, -0.2) is 36.5 Å². The SMILES string of the molecule is Nc1cnc2c(ccn2S(=O)(=O)c2ccccc2)c1NC1CCNCC1. The molecule has 26 heavy (non-hydrogen) atoms. The number of fused-ring (bicyclic) bond motifs is 1. The fourth-order valence-corrected chi connectivity index (χ4v) is 4.63. The van der Waals surface area contributed by atoms with Crippen LogP contribution in [0.25, 0.3) is 11.0 Å². The topological polar surface area (TPSA) is 102 Å². The number of nitrogen functional groups attached to an aromatic ring is 1. The van der Waals surface area contributed by atoms with E-state index in [1.54, 1.807) is 36.4 Å². The first-order chi connectivity index (χ1) is 12.6. The molecule has 0 bridgehead atoms. The molecule has 0 aliphatic carbocycles. The number of hydrogen-bond donors (Lipinski definition) is 3. The highest BCUT2D eigenvalue weighted by molar-refractivity contribution is 7.90. The summed E-state index contributed by atoms with van der Waals surface area (Å²) in [5, 5.41) is 7.52. The summed E-state index contributed by atoms with van der Waals surface area (Å²) in [4.78, 5) is 4.52. The van der Waals surface area contributed by atoms with Gasteiger partial charge in [-0.15, -0.1) is 0 Å². The van der Waals surface area contributed by atoms with Crippen molar-refractivity contribution >= 4 is 32.4 Å². The molecule has 1 aromatic carbocycles. The number of anilines is 2. The van der Waals surface area contributed by atoms with E-state index in [-0.39, 0.29) is 4.90 Å². The Morgan fingerprint density at radius 1 is 1.15 bits per heavy atom. The van der Waals surface area contributed by atoms with Crippen molar-refractivity contribution in [1.82, 2.24) is 14.3 Å². The van der Waals surface area contributed by atoms with Crippen molar-refractivity contribution < 1.29 is 8.42 Å². The van der Waals surface area contributed by atoms with Crippen molar-refractivity contribution in [3.63, 3.8) is 0 Å². The quantitative estimate of drug-likeness (QED) is 0.648. The molecule has 1 aliphatic heterocycles. The van der Waals surface area contributed by atoms with Crippen molar-refractivity contribution in [2.45, 2.75) is 23.8 Å². The Balaban J connectivity index is 1.78. The maximum atomic E-state index is 13.0. The molecule has 0 unspecified atom stereocenters. The number of nitrogens with two attached hydrogens (primary N) is 1. The van der Waals surface area contributed by atoms with Gasteiger partial charge in [-0.25, -0.2) is 17.4 Å². The average molecular weight is 371 g/mol. The summed E-state index contributed by atoms with van der Waals surface area (Å²) in [6, 6.07) is 10.4. The van der Waals surface area contributed by atoms with E-state index in [0.717, 1.165) is 31.6 Å². The molecule has 4 N–H and O–H groups in total. The van der Waals surface area contributed by atoms with Crippen LogP contribution in [0.1, 0.15) is 12.8 Å². The Hall–Kier alpha value is -2.58. The second kappa shape index (κ2) is 6.62. The molecule has 1 saturated heterocycles. The van der Waals surface area contributed by atoms with E-state index < -0.39 is 10.0 Å². The van der Waals surface area contributed by atoms with Crippen LogP contribution < -0.4 is 16.4 Å². The molecular formula is C18H21N5O2S. The Morgan fingerprint density at radius 2 is 1.88 bits per heavy atom. The molecule has 2 aromatic heterocycles. The van der Waals surface area contributed by atoms with Crippen molar-refractivity contribution in [3.05, 3.63) is 48.8 Å². The zero-order valence-corrected chi connectivity index (χ0v) is 15.0. The smallest absolute Gasteiger partial charge is 0.269 e. The summed E-state index contributed by atoms with van der Waals surface area (Å²) in [6.45, 7) is 1.91. The van der Waals surface area contributed by atoms with Gasteiger partial charge in [0.2, 0.25) is 0 Å². The van der Waals surface area contributed by atoms with Crippen LogP contribution in [0.5, 0.6) is 0 Å². The lowest BCUT2D eigenvalue weighted by Gasteiger charge is -2.25. The fraction of sp³-hybridized carbons (Fsp3) is 0.278. The number of benzene rings is 1. The van der Waals surface area contributed by atoms with E-state index in [1.807, 2.05) is 0 Å². The van der Waals surface area contributed by atoms with Crippen molar-refractivity contribution in [1.29, 1.82) is 0 Å². The summed E-state index contributed by atoms with van der Waals surface area (Å²) < 4.78 is 27.1. The molecule has 1 aliphatic rings. The molecule has 3 heterocycles. The van der Waals surface area contributed by atoms with E-state index in [9.17, 15) is 8.42 Å². The summed E-state index contributed by atoms with van der Waals surface area (Å²) in [6.07, 6.45) is 5.04. The molecule has 0 radical (unpaired) electrons. The van der Waals surface area contributed by atoms with Gasteiger partial charge in [0.1, 0.15) is 0 Å². The van der Waals surface area contributed by atoms with Crippen molar-refractivity contribution in [2.75, 3.05) is 24.1 Å². The van der Waals surface area contributed by atoms with Gasteiger partial charge >= 0.3 is 0 Å². The van der Waals surface area contributed by atoms with Gasteiger partial charge < -0.3 is 16.4 Å². The van der Waals surface area contributed by atoms with E-state index in [4.69, 9.17) is 5.73 Å². The molecule has 0 amide bonds. The van der Waals surface area contributed by atoms with Crippen LogP contribution in [0.2, 0.25) is 0 Å². The molecule has 136 valence electrons. The number of rotatable bonds is 4. The highest BCUT2D eigenvalue weighted by atomic mass is 32.2. The fourth-order valence-electron chi connectivity index (χ4n) is 3.31. The zero-order valence-electron chi connectivity index (χ0n) is 14.2. The van der Waals surface area contributed by atoms with E-state index in [2.05, 4.69) is 15.6 Å². The highest BCUT2D eigenvalue weighted by Crippen LogP contribution is 2.31. The maximum Gasteiger partial charge on any atom is 0.269 e. The zero-order chi connectivity index (χ0) is 18.1. The minimum absolute atomic E-state index is 0.226. The van der Waals surface area contributed by atoms with Crippen LogP contribution in [0.4, 0.5) is 11.4 Å². The highest BCUT2D eigenvalue weighted by Gasteiger charge is 2.22. The Bertz CT molecular complexity index is 1020. The average Bonchev–Trinajstić information content (AvgIpc) is 3.11. The number of piperidine rings is 1. The van der Waals surface area contributed by atoms with E-state index >= 15 is 0 Å². The van der Waals surface area contributed by atoms with Crippen molar-refractivity contribution in [3.8, 4) is 0 Å². The van der Waals surface area contributed by atoms with Gasteiger partial charge in [0.05, 0.1) is 22.5 Å². The number of pyridine rings is 1. The monoisotopic (exact) mass is 371 g/mol. The lowest BCUT2D eigenvalue weighted by Crippen LogP contribution is -2.35. The second-order valence-electron chi connectivity index (χ2n) is 6.42. The van der Waals surface area contributed by atoms with Crippen LogP contribution in [-0.2, 0) is 10.0 Å².